The average molecular weight is 140 g/mol. The van der Waals surface area contributed by atoms with Gasteiger partial charge in [0.05, 0.1) is 6.07 Å². The van der Waals surface area contributed by atoms with Crippen LogP contribution in [-0.4, -0.2) is 6.54 Å². The van der Waals surface area contributed by atoms with Gasteiger partial charge in [-0.05, 0) is 24.8 Å². The quantitative estimate of drug-likeness (QED) is 0.643. The first-order valence-electron chi connectivity index (χ1n) is 3.77. The van der Waals surface area contributed by atoms with Crippen LogP contribution in [0.3, 0.4) is 0 Å². The minimum absolute atomic E-state index is 0.407. The lowest BCUT2D eigenvalue weighted by Gasteiger charge is -2.12. The van der Waals surface area contributed by atoms with Gasteiger partial charge >= 0.3 is 0 Å². The minimum atomic E-state index is 0.407. The molecule has 0 rings (SSSR count). The molecule has 1 atom stereocenters. The van der Waals surface area contributed by atoms with Crippen molar-refractivity contribution in [1.29, 1.82) is 5.26 Å². The molecule has 58 valence electrons. The topological polar surface area (TPSA) is 49.8 Å². The third kappa shape index (κ3) is 4.34. The van der Waals surface area contributed by atoms with E-state index < -0.39 is 0 Å². The summed E-state index contributed by atoms with van der Waals surface area (Å²) in [6.45, 7) is 4.95. The maximum atomic E-state index is 8.38. The summed E-state index contributed by atoms with van der Waals surface area (Å²) in [5, 5.41) is 8.38. The second kappa shape index (κ2) is 5.25. The number of hydrogen-bond donors (Lipinski definition) is 1. The van der Waals surface area contributed by atoms with E-state index in [4.69, 9.17) is 11.0 Å². The molecule has 0 aromatic rings. The Hall–Kier alpha value is -0.550. The lowest BCUT2D eigenvalue weighted by Crippen LogP contribution is -2.15. The van der Waals surface area contributed by atoms with Gasteiger partial charge in [0.25, 0.3) is 0 Å². The first-order chi connectivity index (χ1) is 4.70. The smallest absolute Gasteiger partial charge is 0.0625 e. The second-order valence-electron chi connectivity index (χ2n) is 3.09. The van der Waals surface area contributed by atoms with Gasteiger partial charge in [0.15, 0.2) is 0 Å². The third-order valence-electron chi connectivity index (χ3n) is 1.52. The van der Waals surface area contributed by atoms with Gasteiger partial charge in [-0.2, -0.15) is 5.26 Å². The molecular formula is C8H16N2. The van der Waals surface area contributed by atoms with E-state index in [0.717, 1.165) is 6.42 Å². The molecule has 2 N–H and O–H groups in total. The summed E-state index contributed by atoms with van der Waals surface area (Å²) in [5.41, 5.74) is 5.46. The van der Waals surface area contributed by atoms with Gasteiger partial charge in [-0.3, -0.25) is 0 Å². The summed E-state index contributed by atoms with van der Waals surface area (Å²) in [5.74, 6) is 1.06. The lowest BCUT2D eigenvalue weighted by atomic mass is 9.95. The van der Waals surface area contributed by atoms with Gasteiger partial charge in [-0.15, -0.1) is 0 Å². The number of nitriles is 1. The predicted molar refractivity (Wildman–Crippen MR) is 42.2 cm³/mol. The fourth-order valence-corrected chi connectivity index (χ4v) is 1.06. The second-order valence-corrected chi connectivity index (χ2v) is 3.09. The summed E-state index contributed by atoms with van der Waals surface area (Å²) < 4.78 is 0. The Labute approximate surface area is 63.0 Å². The highest BCUT2D eigenvalue weighted by Crippen LogP contribution is 2.12. The largest absolute Gasteiger partial charge is 0.330 e. The number of nitrogens with two attached hydrogens (primary N) is 1. The van der Waals surface area contributed by atoms with Crippen LogP contribution in [0, 0.1) is 23.2 Å². The van der Waals surface area contributed by atoms with E-state index >= 15 is 0 Å². The molecule has 2 nitrogen and oxygen atoms in total. The van der Waals surface area contributed by atoms with Crippen LogP contribution in [0.5, 0.6) is 0 Å². The fraction of sp³-hybridized carbons (Fsp3) is 0.875. The van der Waals surface area contributed by atoms with Crippen molar-refractivity contribution >= 4 is 0 Å². The molecule has 0 aromatic carbocycles. The number of hydrogen-bond acceptors (Lipinski definition) is 2. The van der Waals surface area contributed by atoms with Crippen molar-refractivity contribution in [2.24, 2.45) is 17.6 Å². The highest BCUT2D eigenvalue weighted by atomic mass is 14.5. The number of rotatable bonds is 4. The molecule has 0 saturated carbocycles. The molecule has 0 radical (unpaired) electrons. The molecule has 0 amide bonds. The van der Waals surface area contributed by atoms with Crippen molar-refractivity contribution in [1.82, 2.24) is 0 Å². The highest BCUT2D eigenvalue weighted by molar-refractivity contribution is 4.76. The van der Waals surface area contributed by atoms with Crippen molar-refractivity contribution < 1.29 is 0 Å². The Bertz CT molecular complexity index is 113. The van der Waals surface area contributed by atoms with E-state index in [-0.39, 0.29) is 0 Å². The van der Waals surface area contributed by atoms with Crippen LogP contribution < -0.4 is 5.73 Å². The third-order valence-corrected chi connectivity index (χ3v) is 1.52. The Morgan fingerprint density at radius 3 is 2.40 bits per heavy atom. The monoisotopic (exact) mass is 140 g/mol. The van der Waals surface area contributed by atoms with E-state index in [1.165, 1.54) is 0 Å². The van der Waals surface area contributed by atoms with Crippen molar-refractivity contribution in [3.63, 3.8) is 0 Å². The van der Waals surface area contributed by atoms with Crippen LogP contribution >= 0.6 is 0 Å². The Kier molecular flexibility index (Phi) is 4.96. The van der Waals surface area contributed by atoms with Crippen molar-refractivity contribution in [3.05, 3.63) is 0 Å². The van der Waals surface area contributed by atoms with Gasteiger partial charge in [-0.25, -0.2) is 0 Å². The first-order valence-corrected chi connectivity index (χ1v) is 3.77. The normalized spacial score (nSPS) is 13.1. The van der Waals surface area contributed by atoms with E-state index in [9.17, 15) is 0 Å². The van der Waals surface area contributed by atoms with Gasteiger partial charge < -0.3 is 5.73 Å². The minimum Gasteiger partial charge on any atom is -0.330 e. The molecule has 0 fully saturated rings. The molecule has 0 saturated heterocycles. The molecule has 2 heteroatoms. The summed E-state index contributed by atoms with van der Waals surface area (Å²) in [6, 6.07) is 2.14. The van der Waals surface area contributed by atoms with Crippen LogP contribution in [0.1, 0.15) is 26.7 Å². The summed E-state index contributed by atoms with van der Waals surface area (Å²) in [7, 11) is 0. The molecule has 10 heavy (non-hydrogen) atoms. The summed E-state index contributed by atoms with van der Waals surface area (Å²) >= 11 is 0. The zero-order chi connectivity index (χ0) is 7.98. The molecule has 0 bridgehead atoms. The van der Waals surface area contributed by atoms with Crippen LogP contribution in [-0.2, 0) is 0 Å². The Balaban J connectivity index is 3.52. The van der Waals surface area contributed by atoms with Crippen LogP contribution in [0.25, 0.3) is 0 Å². The Morgan fingerprint density at radius 2 is 2.10 bits per heavy atom. The van der Waals surface area contributed by atoms with Gasteiger partial charge in [0, 0.05) is 6.42 Å². The van der Waals surface area contributed by atoms with Crippen LogP contribution in [0.15, 0.2) is 0 Å². The number of nitrogens with zero attached hydrogens (tertiary/aromatic N) is 1. The zero-order valence-corrected chi connectivity index (χ0v) is 6.80. The zero-order valence-electron chi connectivity index (χ0n) is 6.80. The fourth-order valence-electron chi connectivity index (χ4n) is 1.06. The van der Waals surface area contributed by atoms with Crippen LogP contribution in [0.4, 0.5) is 0 Å². The van der Waals surface area contributed by atoms with E-state index in [0.29, 0.717) is 24.8 Å². The van der Waals surface area contributed by atoms with Crippen LogP contribution in [0.2, 0.25) is 0 Å². The van der Waals surface area contributed by atoms with Gasteiger partial charge in [0.2, 0.25) is 0 Å². The first kappa shape index (κ1) is 9.45. The average Bonchev–Trinajstić information content (AvgIpc) is 1.86. The van der Waals surface area contributed by atoms with Gasteiger partial charge in [0.1, 0.15) is 0 Å². The molecule has 0 aliphatic rings. The van der Waals surface area contributed by atoms with Crippen molar-refractivity contribution in [2.75, 3.05) is 6.54 Å². The summed E-state index contributed by atoms with van der Waals surface area (Å²) in [4.78, 5) is 0. The molecule has 0 aliphatic carbocycles. The van der Waals surface area contributed by atoms with Gasteiger partial charge in [-0.1, -0.05) is 13.8 Å². The molecule has 0 aliphatic heterocycles. The van der Waals surface area contributed by atoms with E-state index in [1.807, 2.05) is 0 Å². The maximum Gasteiger partial charge on any atom is 0.0625 e. The molecule has 0 aromatic heterocycles. The molecule has 0 heterocycles. The van der Waals surface area contributed by atoms with Crippen molar-refractivity contribution in [2.45, 2.75) is 26.7 Å². The predicted octanol–water partition coefficient (Wildman–Crippen LogP) is 1.52. The molecular weight excluding hydrogens is 124 g/mol. The van der Waals surface area contributed by atoms with E-state index in [1.54, 1.807) is 0 Å². The maximum absolute atomic E-state index is 8.38. The Morgan fingerprint density at radius 1 is 1.50 bits per heavy atom. The molecule has 0 unspecified atom stereocenters. The standard InChI is InChI=1S/C8H16N2/c1-7(2)5-8(6-10)3-4-9/h7-8H,3,5-6,10H2,1-2H3/t8-/m1/s1. The molecule has 0 spiro atoms. The van der Waals surface area contributed by atoms with E-state index in [2.05, 4.69) is 19.9 Å². The van der Waals surface area contributed by atoms with Crippen molar-refractivity contribution in [3.8, 4) is 6.07 Å². The highest BCUT2D eigenvalue weighted by Gasteiger charge is 2.07. The lowest BCUT2D eigenvalue weighted by molar-refractivity contribution is 0.423. The SMILES string of the molecule is CC(C)C[C@H](CN)CC#N. The summed E-state index contributed by atoms with van der Waals surface area (Å²) in [6.07, 6.45) is 1.68.